The highest BCUT2D eigenvalue weighted by molar-refractivity contribution is 5.89. The molecule has 1 N–H and O–H groups in total. The van der Waals surface area contributed by atoms with Crippen molar-refractivity contribution in [1.29, 1.82) is 0 Å². The number of esters is 1. The van der Waals surface area contributed by atoms with Gasteiger partial charge in [0.1, 0.15) is 18.2 Å². The van der Waals surface area contributed by atoms with Gasteiger partial charge in [-0.25, -0.2) is 20.2 Å². The Morgan fingerprint density at radius 3 is 2.79 bits per heavy atom. The summed E-state index contributed by atoms with van der Waals surface area (Å²) in [5.74, 6) is 0.497. The minimum Gasteiger partial charge on any atom is -0.452 e. The number of aromatic nitrogens is 2. The Balaban J connectivity index is 1.55. The summed E-state index contributed by atoms with van der Waals surface area (Å²) in [7, 11) is 0. The molecule has 0 bridgehead atoms. The monoisotopic (exact) mass is 397 g/mol. The van der Waals surface area contributed by atoms with Crippen molar-refractivity contribution in [3.63, 3.8) is 0 Å². The third kappa shape index (κ3) is 3.91. The molecule has 1 aromatic heterocycles. The van der Waals surface area contributed by atoms with E-state index in [9.17, 15) is 14.9 Å². The lowest BCUT2D eigenvalue weighted by Gasteiger charge is -2.25. The van der Waals surface area contributed by atoms with Crippen molar-refractivity contribution >= 4 is 17.5 Å². The molecule has 1 aromatic carbocycles. The van der Waals surface area contributed by atoms with Crippen LogP contribution in [0, 0.1) is 10.1 Å². The molecule has 2 aliphatic rings. The zero-order valence-electron chi connectivity index (χ0n) is 16.2. The fourth-order valence-electron chi connectivity index (χ4n) is 3.96. The lowest BCUT2D eigenvalue weighted by Crippen LogP contribution is -2.39. The number of anilines is 1. The Bertz CT molecular complexity index is 910. The number of hydrazine groups is 1. The van der Waals surface area contributed by atoms with Gasteiger partial charge in [0.25, 0.3) is 5.69 Å². The SMILES string of the molecule is CC1CC(OC(=O)c2ccc([N+](=O)[O-])cc2)c2ncnc(N3CCCCCN3)c21. The fraction of sp³-hybridized carbons (Fsp3) is 0.450. The quantitative estimate of drug-likeness (QED) is 0.475. The van der Waals surface area contributed by atoms with E-state index < -0.39 is 17.0 Å². The maximum Gasteiger partial charge on any atom is 0.338 e. The Labute approximate surface area is 168 Å². The van der Waals surface area contributed by atoms with Crippen LogP contribution in [0.1, 0.15) is 66.2 Å². The van der Waals surface area contributed by atoms with Gasteiger partial charge in [-0.3, -0.25) is 15.1 Å². The van der Waals surface area contributed by atoms with E-state index in [-0.39, 0.29) is 17.2 Å². The molecule has 1 aliphatic heterocycles. The minimum absolute atomic E-state index is 0.0660. The first-order valence-electron chi connectivity index (χ1n) is 9.86. The van der Waals surface area contributed by atoms with Gasteiger partial charge in [-0.1, -0.05) is 13.3 Å². The topological polar surface area (TPSA) is 110 Å². The average Bonchev–Trinajstić information content (AvgIpc) is 2.90. The molecule has 0 radical (unpaired) electrons. The summed E-state index contributed by atoms with van der Waals surface area (Å²) in [6, 6.07) is 5.42. The molecule has 9 heteroatoms. The number of nitro benzene ring substituents is 1. The van der Waals surface area contributed by atoms with Crippen LogP contribution in [0.5, 0.6) is 0 Å². The number of non-ortho nitro benzene ring substituents is 1. The second kappa shape index (κ2) is 8.12. The van der Waals surface area contributed by atoms with Crippen LogP contribution in [-0.4, -0.2) is 34.0 Å². The molecule has 2 heterocycles. The lowest BCUT2D eigenvalue weighted by molar-refractivity contribution is -0.384. The predicted molar refractivity (Wildman–Crippen MR) is 106 cm³/mol. The standard InChI is InChI=1S/C20H23N5O4/c1-13-11-16(29-20(26)14-5-7-15(8-6-14)25(27)28)18-17(13)19(22-12-21-18)24-10-4-2-3-9-23-24/h5-8,12-13,16,23H,2-4,9-11H2,1H3. The molecule has 152 valence electrons. The molecule has 0 saturated carbocycles. The number of rotatable bonds is 4. The second-order valence-corrected chi connectivity index (χ2v) is 7.45. The number of carbonyl (C=O) groups excluding carboxylic acids is 1. The van der Waals surface area contributed by atoms with Crippen LogP contribution >= 0.6 is 0 Å². The van der Waals surface area contributed by atoms with E-state index in [1.807, 2.05) is 0 Å². The Kier molecular flexibility index (Phi) is 5.39. The first kappa shape index (κ1) is 19.3. The molecule has 1 aliphatic carbocycles. The van der Waals surface area contributed by atoms with Gasteiger partial charge in [0, 0.05) is 30.8 Å². The number of nitrogens with one attached hydrogen (secondary N) is 1. The number of fused-ring (bicyclic) bond motifs is 1. The molecule has 29 heavy (non-hydrogen) atoms. The summed E-state index contributed by atoms with van der Waals surface area (Å²) in [6.45, 7) is 3.87. The van der Waals surface area contributed by atoms with Gasteiger partial charge in [-0.05, 0) is 37.3 Å². The highest BCUT2D eigenvalue weighted by Gasteiger charge is 2.36. The van der Waals surface area contributed by atoms with Gasteiger partial charge in [-0.15, -0.1) is 0 Å². The molecular weight excluding hydrogens is 374 g/mol. The summed E-state index contributed by atoms with van der Waals surface area (Å²) in [5.41, 5.74) is 5.39. The maximum atomic E-state index is 12.6. The number of carbonyl (C=O) groups is 1. The number of nitro groups is 1. The van der Waals surface area contributed by atoms with Gasteiger partial charge in [0.15, 0.2) is 0 Å². The van der Waals surface area contributed by atoms with Crippen LogP contribution < -0.4 is 10.4 Å². The molecule has 2 atom stereocenters. The van der Waals surface area contributed by atoms with Crippen molar-refractivity contribution in [3.8, 4) is 0 Å². The largest absolute Gasteiger partial charge is 0.452 e. The van der Waals surface area contributed by atoms with Crippen LogP contribution in [0.3, 0.4) is 0 Å². The molecule has 1 saturated heterocycles. The lowest BCUT2D eigenvalue weighted by atomic mass is 10.1. The van der Waals surface area contributed by atoms with E-state index >= 15 is 0 Å². The second-order valence-electron chi connectivity index (χ2n) is 7.45. The minimum atomic E-state index is -0.516. The number of benzene rings is 1. The van der Waals surface area contributed by atoms with E-state index in [4.69, 9.17) is 4.74 Å². The molecule has 9 nitrogen and oxygen atoms in total. The van der Waals surface area contributed by atoms with Crippen molar-refractivity contribution < 1.29 is 14.5 Å². The average molecular weight is 397 g/mol. The Morgan fingerprint density at radius 2 is 2.03 bits per heavy atom. The Morgan fingerprint density at radius 1 is 1.24 bits per heavy atom. The first-order valence-corrected chi connectivity index (χ1v) is 9.86. The smallest absolute Gasteiger partial charge is 0.338 e. The van der Waals surface area contributed by atoms with Crippen molar-refractivity contribution in [1.82, 2.24) is 15.4 Å². The van der Waals surface area contributed by atoms with E-state index in [0.29, 0.717) is 6.42 Å². The van der Waals surface area contributed by atoms with E-state index in [2.05, 4.69) is 27.3 Å². The van der Waals surface area contributed by atoms with E-state index in [1.54, 1.807) is 0 Å². The number of nitrogens with zero attached hydrogens (tertiary/aromatic N) is 4. The van der Waals surface area contributed by atoms with Crippen LogP contribution in [-0.2, 0) is 4.74 Å². The maximum absolute atomic E-state index is 12.6. The van der Waals surface area contributed by atoms with Crippen LogP contribution in [0.25, 0.3) is 0 Å². The van der Waals surface area contributed by atoms with Crippen LogP contribution in [0.4, 0.5) is 11.5 Å². The predicted octanol–water partition coefficient (Wildman–Crippen LogP) is 3.29. The van der Waals surface area contributed by atoms with Gasteiger partial charge in [0.2, 0.25) is 0 Å². The van der Waals surface area contributed by atoms with Crippen molar-refractivity contribution in [2.45, 2.75) is 44.6 Å². The summed E-state index contributed by atoms with van der Waals surface area (Å²) in [4.78, 5) is 31.8. The molecule has 1 fully saturated rings. The number of hydrogen-bond acceptors (Lipinski definition) is 8. The van der Waals surface area contributed by atoms with E-state index in [0.717, 1.165) is 43.0 Å². The highest BCUT2D eigenvalue weighted by Crippen LogP contribution is 2.44. The summed E-state index contributed by atoms with van der Waals surface area (Å²) in [5, 5.41) is 12.9. The summed E-state index contributed by atoms with van der Waals surface area (Å²) < 4.78 is 5.72. The molecule has 2 unspecified atom stereocenters. The zero-order chi connectivity index (χ0) is 20.4. The van der Waals surface area contributed by atoms with Crippen molar-refractivity contribution in [2.75, 3.05) is 18.1 Å². The molecule has 0 spiro atoms. The Hall–Kier alpha value is -3.07. The summed E-state index contributed by atoms with van der Waals surface area (Å²) in [6.07, 6.45) is 5.10. The fourth-order valence-corrected chi connectivity index (χ4v) is 3.96. The van der Waals surface area contributed by atoms with Gasteiger partial charge >= 0.3 is 5.97 Å². The zero-order valence-corrected chi connectivity index (χ0v) is 16.2. The van der Waals surface area contributed by atoms with Gasteiger partial charge in [-0.2, -0.15) is 0 Å². The first-order chi connectivity index (χ1) is 14.0. The third-order valence-electron chi connectivity index (χ3n) is 5.44. The van der Waals surface area contributed by atoms with Crippen molar-refractivity contribution in [3.05, 3.63) is 57.5 Å². The molecule has 2 aromatic rings. The normalized spacial score (nSPS) is 21.3. The molecule has 0 amide bonds. The van der Waals surface area contributed by atoms with Crippen LogP contribution in [0.2, 0.25) is 0 Å². The number of ether oxygens (including phenoxy) is 1. The van der Waals surface area contributed by atoms with Gasteiger partial charge < -0.3 is 4.74 Å². The molecule has 4 rings (SSSR count). The number of hydrogen-bond donors (Lipinski definition) is 1. The third-order valence-corrected chi connectivity index (χ3v) is 5.44. The highest BCUT2D eigenvalue weighted by atomic mass is 16.6. The van der Waals surface area contributed by atoms with Crippen LogP contribution in [0.15, 0.2) is 30.6 Å². The summed E-state index contributed by atoms with van der Waals surface area (Å²) >= 11 is 0. The van der Waals surface area contributed by atoms with Gasteiger partial charge in [0.05, 0.1) is 16.2 Å². The molecular formula is C20H23N5O4. The van der Waals surface area contributed by atoms with E-state index in [1.165, 1.54) is 37.0 Å². The van der Waals surface area contributed by atoms with Crippen molar-refractivity contribution in [2.24, 2.45) is 0 Å².